The summed E-state index contributed by atoms with van der Waals surface area (Å²) in [6.07, 6.45) is 0. The van der Waals surface area contributed by atoms with E-state index < -0.39 is 0 Å². The fourth-order valence-electron chi connectivity index (χ4n) is 6.81. The maximum absolute atomic E-state index is 5.15. The summed E-state index contributed by atoms with van der Waals surface area (Å²) < 4.78 is 0. The van der Waals surface area contributed by atoms with Crippen LogP contribution in [-0.4, -0.2) is 15.0 Å². The van der Waals surface area contributed by atoms with Crippen LogP contribution in [0.4, 0.5) is 0 Å². The van der Waals surface area contributed by atoms with E-state index in [0.29, 0.717) is 17.5 Å². The maximum atomic E-state index is 5.15. The second-order valence-electron chi connectivity index (χ2n) is 12.0. The minimum atomic E-state index is 0.654. The first kappa shape index (κ1) is 27.8. The topological polar surface area (TPSA) is 38.7 Å². The Labute approximate surface area is 278 Å². The van der Waals surface area contributed by atoms with Crippen LogP contribution in [-0.2, 0) is 0 Å². The van der Waals surface area contributed by atoms with Crippen LogP contribution in [0.3, 0.4) is 0 Å². The molecule has 0 radical (unpaired) electrons. The molecule has 0 amide bonds. The van der Waals surface area contributed by atoms with Crippen LogP contribution in [0.15, 0.2) is 176 Å². The minimum Gasteiger partial charge on any atom is -0.208 e. The predicted octanol–water partition coefficient (Wildman–Crippen LogP) is 11.7. The summed E-state index contributed by atoms with van der Waals surface area (Å²) in [4.78, 5) is 15.3. The molecule has 9 aromatic rings. The van der Waals surface area contributed by atoms with Gasteiger partial charge in [0.05, 0.1) is 0 Å². The molecule has 224 valence electrons. The van der Waals surface area contributed by atoms with E-state index in [9.17, 15) is 0 Å². The Bertz CT molecular complexity index is 2480. The summed E-state index contributed by atoms with van der Waals surface area (Å²) in [6.45, 7) is 0. The molecule has 3 nitrogen and oxygen atoms in total. The molecule has 9 rings (SSSR count). The molecule has 1 heterocycles. The highest BCUT2D eigenvalue weighted by molar-refractivity contribution is 6.21. The third kappa shape index (κ3) is 4.90. The molecule has 0 aliphatic rings. The van der Waals surface area contributed by atoms with E-state index >= 15 is 0 Å². The molecule has 0 atom stereocenters. The van der Waals surface area contributed by atoms with Crippen LogP contribution in [0.2, 0.25) is 0 Å². The van der Waals surface area contributed by atoms with Crippen molar-refractivity contribution in [3.63, 3.8) is 0 Å². The lowest BCUT2D eigenvalue weighted by Gasteiger charge is -2.18. The first-order valence-electron chi connectivity index (χ1n) is 16.2. The molecule has 0 saturated carbocycles. The van der Waals surface area contributed by atoms with Gasteiger partial charge < -0.3 is 0 Å². The van der Waals surface area contributed by atoms with Gasteiger partial charge in [0.25, 0.3) is 0 Å². The van der Waals surface area contributed by atoms with E-state index in [0.717, 1.165) is 38.2 Å². The lowest BCUT2D eigenvalue weighted by Crippen LogP contribution is -2.01. The predicted molar refractivity (Wildman–Crippen MR) is 200 cm³/mol. The van der Waals surface area contributed by atoms with Gasteiger partial charge in [-0.1, -0.05) is 164 Å². The Balaban J connectivity index is 1.29. The van der Waals surface area contributed by atoms with Crippen molar-refractivity contribution in [1.29, 1.82) is 0 Å². The second-order valence-corrected chi connectivity index (χ2v) is 12.0. The van der Waals surface area contributed by atoms with Crippen LogP contribution < -0.4 is 0 Å². The first-order chi connectivity index (χ1) is 23.8. The van der Waals surface area contributed by atoms with Crippen molar-refractivity contribution in [1.82, 2.24) is 15.0 Å². The third-order valence-corrected chi connectivity index (χ3v) is 9.09. The Morgan fingerprint density at radius 1 is 0.250 bits per heavy atom. The highest BCUT2D eigenvalue weighted by Gasteiger charge is 2.20. The largest absolute Gasteiger partial charge is 0.208 e. The number of rotatable bonds is 5. The van der Waals surface area contributed by atoms with Gasteiger partial charge in [0.15, 0.2) is 17.5 Å². The van der Waals surface area contributed by atoms with Crippen molar-refractivity contribution >= 4 is 32.3 Å². The fourth-order valence-corrected chi connectivity index (χ4v) is 6.81. The molecule has 0 bridgehead atoms. The summed E-state index contributed by atoms with van der Waals surface area (Å²) in [5, 5.41) is 6.97. The number of benzene rings is 8. The van der Waals surface area contributed by atoms with Gasteiger partial charge >= 0.3 is 0 Å². The quantitative estimate of drug-likeness (QED) is 0.182. The van der Waals surface area contributed by atoms with E-state index in [4.69, 9.17) is 15.0 Å². The summed E-state index contributed by atoms with van der Waals surface area (Å²) in [6, 6.07) is 61.7. The Kier molecular flexibility index (Phi) is 6.80. The third-order valence-electron chi connectivity index (χ3n) is 9.09. The lowest BCUT2D eigenvalue weighted by atomic mass is 9.87. The van der Waals surface area contributed by atoms with E-state index in [1.54, 1.807) is 0 Å². The van der Waals surface area contributed by atoms with Gasteiger partial charge in [-0.3, -0.25) is 0 Å². The van der Waals surface area contributed by atoms with Crippen molar-refractivity contribution < 1.29 is 0 Å². The van der Waals surface area contributed by atoms with Gasteiger partial charge in [0.1, 0.15) is 0 Å². The minimum absolute atomic E-state index is 0.654. The van der Waals surface area contributed by atoms with Gasteiger partial charge in [-0.15, -0.1) is 0 Å². The maximum Gasteiger partial charge on any atom is 0.165 e. The van der Waals surface area contributed by atoms with Crippen LogP contribution >= 0.6 is 0 Å². The van der Waals surface area contributed by atoms with Crippen molar-refractivity contribution in [3.8, 4) is 56.4 Å². The van der Waals surface area contributed by atoms with E-state index in [2.05, 4.69) is 140 Å². The zero-order valence-electron chi connectivity index (χ0n) is 26.1. The van der Waals surface area contributed by atoms with Crippen molar-refractivity contribution in [2.45, 2.75) is 0 Å². The number of aromatic nitrogens is 3. The van der Waals surface area contributed by atoms with Gasteiger partial charge in [0.2, 0.25) is 0 Å². The molecule has 0 saturated heterocycles. The van der Waals surface area contributed by atoms with E-state index in [1.807, 2.05) is 36.4 Å². The molecule has 1 aromatic heterocycles. The van der Waals surface area contributed by atoms with Crippen molar-refractivity contribution in [2.24, 2.45) is 0 Å². The molecule has 0 fully saturated rings. The Hall–Kier alpha value is -6.45. The monoisotopic (exact) mass is 611 g/mol. The normalized spacial score (nSPS) is 11.3. The summed E-state index contributed by atoms with van der Waals surface area (Å²) in [5.74, 6) is 1.97. The number of nitrogens with zero attached hydrogens (tertiary/aromatic N) is 3. The van der Waals surface area contributed by atoms with Gasteiger partial charge in [-0.2, -0.15) is 0 Å². The van der Waals surface area contributed by atoms with Crippen LogP contribution in [0, 0.1) is 0 Å². The van der Waals surface area contributed by atoms with Crippen LogP contribution in [0.25, 0.3) is 88.7 Å². The Morgan fingerprint density at radius 2 is 0.625 bits per heavy atom. The van der Waals surface area contributed by atoms with E-state index in [1.165, 1.54) is 33.0 Å². The highest BCUT2D eigenvalue weighted by atomic mass is 15.0. The molecule has 0 unspecified atom stereocenters. The Morgan fingerprint density at radius 3 is 1.12 bits per heavy atom. The molecule has 48 heavy (non-hydrogen) atoms. The zero-order valence-corrected chi connectivity index (χ0v) is 26.1. The van der Waals surface area contributed by atoms with Crippen molar-refractivity contribution in [2.75, 3.05) is 0 Å². The van der Waals surface area contributed by atoms with Gasteiger partial charge in [-0.25, -0.2) is 15.0 Å². The molecule has 3 heteroatoms. The van der Waals surface area contributed by atoms with Gasteiger partial charge in [0, 0.05) is 16.7 Å². The average molecular weight is 612 g/mol. The summed E-state index contributed by atoms with van der Waals surface area (Å²) in [7, 11) is 0. The first-order valence-corrected chi connectivity index (χ1v) is 16.2. The van der Waals surface area contributed by atoms with Crippen LogP contribution in [0.1, 0.15) is 0 Å². The fraction of sp³-hybridized carbons (Fsp3) is 0. The van der Waals surface area contributed by atoms with Crippen LogP contribution in [0.5, 0.6) is 0 Å². The van der Waals surface area contributed by atoms with Crippen molar-refractivity contribution in [3.05, 3.63) is 176 Å². The molecular formula is C45H29N3. The molecule has 0 aliphatic carbocycles. The highest BCUT2D eigenvalue weighted by Crippen LogP contribution is 2.44. The smallest absolute Gasteiger partial charge is 0.165 e. The zero-order chi connectivity index (χ0) is 31.9. The standard InChI is InChI=1S/C45H29N3/c1-4-14-30(15-5-1)33-24-25-35-29-36(27-26-34(35)28-33)41-37-20-10-12-22-39(37)42(40-23-13-11-21-38(40)41)45-47-43(31-16-6-2-7-17-31)46-44(48-45)32-18-8-3-9-19-32/h1-29H. The molecular weight excluding hydrogens is 583 g/mol. The molecule has 8 aromatic carbocycles. The second kappa shape index (κ2) is 11.7. The number of hydrogen-bond acceptors (Lipinski definition) is 3. The molecule has 0 aliphatic heterocycles. The van der Waals surface area contributed by atoms with E-state index in [-0.39, 0.29) is 0 Å². The van der Waals surface area contributed by atoms with Gasteiger partial charge in [-0.05, 0) is 66.7 Å². The lowest BCUT2D eigenvalue weighted by molar-refractivity contribution is 1.08. The molecule has 0 N–H and O–H groups in total. The molecule has 0 spiro atoms. The number of fused-ring (bicyclic) bond motifs is 3. The average Bonchev–Trinajstić information content (AvgIpc) is 3.17. The summed E-state index contributed by atoms with van der Waals surface area (Å²) >= 11 is 0. The SMILES string of the molecule is c1ccc(-c2ccc3cc(-c4c5ccccc5c(-c5nc(-c6ccccc6)nc(-c6ccccc6)n5)c5ccccc45)ccc3c2)cc1. The number of hydrogen-bond donors (Lipinski definition) is 0. The summed E-state index contributed by atoms with van der Waals surface area (Å²) in [5.41, 5.74) is 7.75.